The van der Waals surface area contributed by atoms with Gasteiger partial charge < -0.3 is 9.64 Å². The van der Waals surface area contributed by atoms with E-state index in [0.717, 1.165) is 54.5 Å². The Balaban J connectivity index is 1.46. The molecule has 0 aliphatic carbocycles. The van der Waals surface area contributed by atoms with Crippen molar-refractivity contribution in [3.63, 3.8) is 0 Å². The number of ether oxygens (including phenoxy) is 1. The molecule has 0 saturated carbocycles. The van der Waals surface area contributed by atoms with Crippen LogP contribution in [0, 0.1) is 6.92 Å². The minimum atomic E-state index is 0.0437. The lowest BCUT2D eigenvalue weighted by Crippen LogP contribution is -2.31. The number of carbonyl (C=O) groups is 1. The van der Waals surface area contributed by atoms with Crippen molar-refractivity contribution in [1.29, 1.82) is 0 Å². The van der Waals surface area contributed by atoms with Gasteiger partial charge in [0.25, 0.3) is 0 Å². The number of amides is 1. The molecule has 3 heterocycles. The number of aromatic nitrogens is 3. The van der Waals surface area contributed by atoms with Gasteiger partial charge in [-0.3, -0.25) is 9.36 Å². The Labute approximate surface area is 171 Å². The summed E-state index contributed by atoms with van der Waals surface area (Å²) in [7, 11) is 1.66. The Morgan fingerprint density at radius 2 is 2.03 bits per heavy atom. The number of carbonyl (C=O) groups excluding carboxylic acids is 1. The third-order valence-electron chi connectivity index (χ3n) is 5.53. The Bertz CT molecular complexity index is 981. The number of imidazole rings is 1. The van der Waals surface area contributed by atoms with Crippen LogP contribution in [0.2, 0.25) is 0 Å². The summed E-state index contributed by atoms with van der Waals surface area (Å²) >= 11 is 0. The first-order valence-corrected chi connectivity index (χ1v) is 10.1. The van der Waals surface area contributed by atoms with Crippen LogP contribution in [-0.4, -0.2) is 39.0 Å². The van der Waals surface area contributed by atoms with Gasteiger partial charge in [-0.1, -0.05) is 18.2 Å². The first-order valence-electron chi connectivity index (χ1n) is 10.1. The summed E-state index contributed by atoms with van der Waals surface area (Å²) < 4.78 is 7.16. The van der Waals surface area contributed by atoms with E-state index in [-0.39, 0.29) is 11.9 Å². The summed E-state index contributed by atoms with van der Waals surface area (Å²) in [6, 6.07) is 14.0. The topological polar surface area (TPSA) is 60.2 Å². The van der Waals surface area contributed by atoms with Gasteiger partial charge in [0.15, 0.2) is 0 Å². The minimum Gasteiger partial charge on any atom is -0.497 e. The van der Waals surface area contributed by atoms with Gasteiger partial charge in [-0.25, -0.2) is 9.97 Å². The second kappa shape index (κ2) is 8.47. The molecule has 6 heteroatoms. The highest BCUT2D eigenvalue weighted by atomic mass is 16.5. The largest absolute Gasteiger partial charge is 0.497 e. The van der Waals surface area contributed by atoms with E-state index in [1.165, 1.54) is 0 Å². The zero-order chi connectivity index (χ0) is 20.2. The molecule has 0 N–H and O–H groups in total. The number of aryl methyl sites for hydroxylation is 2. The molecule has 1 aliphatic heterocycles. The van der Waals surface area contributed by atoms with E-state index in [1.807, 2.05) is 65.1 Å². The highest BCUT2D eigenvalue weighted by Crippen LogP contribution is 2.32. The van der Waals surface area contributed by atoms with Crippen LogP contribution in [0.1, 0.15) is 42.4 Å². The van der Waals surface area contributed by atoms with E-state index in [4.69, 9.17) is 9.72 Å². The van der Waals surface area contributed by atoms with Gasteiger partial charge >= 0.3 is 0 Å². The Morgan fingerprint density at radius 3 is 2.76 bits per heavy atom. The summed E-state index contributed by atoms with van der Waals surface area (Å²) in [5, 5.41) is 0. The van der Waals surface area contributed by atoms with E-state index < -0.39 is 0 Å². The van der Waals surface area contributed by atoms with E-state index in [2.05, 4.69) is 4.98 Å². The van der Waals surface area contributed by atoms with E-state index in [9.17, 15) is 4.79 Å². The molecule has 1 amide bonds. The van der Waals surface area contributed by atoms with Crippen molar-refractivity contribution >= 4 is 5.91 Å². The first-order chi connectivity index (χ1) is 14.2. The van der Waals surface area contributed by atoms with Crippen molar-refractivity contribution in [2.75, 3.05) is 13.7 Å². The van der Waals surface area contributed by atoms with Crippen molar-refractivity contribution in [2.45, 2.75) is 38.6 Å². The average molecular weight is 390 g/mol. The molecule has 150 valence electrons. The fourth-order valence-electron chi connectivity index (χ4n) is 3.94. The van der Waals surface area contributed by atoms with Gasteiger partial charge in [-0.15, -0.1) is 0 Å². The van der Waals surface area contributed by atoms with Crippen LogP contribution in [0.5, 0.6) is 5.75 Å². The first kappa shape index (κ1) is 19.2. The minimum absolute atomic E-state index is 0.0437. The average Bonchev–Trinajstić information content (AvgIpc) is 3.41. The Kier molecular flexibility index (Phi) is 5.60. The number of hydrogen-bond donors (Lipinski definition) is 0. The maximum atomic E-state index is 13.0. The van der Waals surface area contributed by atoms with Crippen molar-refractivity contribution in [3.05, 3.63) is 71.9 Å². The number of rotatable bonds is 6. The monoisotopic (exact) mass is 390 g/mol. The van der Waals surface area contributed by atoms with E-state index in [1.54, 1.807) is 13.3 Å². The molecule has 1 atom stereocenters. The molecule has 0 unspecified atom stereocenters. The van der Waals surface area contributed by atoms with Gasteiger partial charge in [0.2, 0.25) is 5.91 Å². The van der Waals surface area contributed by atoms with Gasteiger partial charge in [-0.2, -0.15) is 0 Å². The van der Waals surface area contributed by atoms with Crippen molar-refractivity contribution in [1.82, 2.24) is 19.4 Å². The molecular formula is C23H26N4O2. The van der Waals surface area contributed by atoms with Crippen molar-refractivity contribution < 1.29 is 9.53 Å². The predicted molar refractivity (Wildman–Crippen MR) is 111 cm³/mol. The quantitative estimate of drug-likeness (QED) is 0.641. The highest BCUT2D eigenvalue weighted by Gasteiger charge is 2.30. The highest BCUT2D eigenvalue weighted by molar-refractivity contribution is 5.77. The standard InChI is InChI=1S/C23H26N4O2/c1-17-24-14-16-26(17)22-7-3-5-20(25-22)21-6-4-15-27(21)23(28)13-10-18-8-11-19(29-2)12-9-18/h3,5,7-9,11-12,14,16,21H,4,6,10,13,15H2,1-2H3/t21-/m0/s1. The number of benzene rings is 1. The molecule has 2 aromatic heterocycles. The van der Waals surface area contributed by atoms with Crippen LogP contribution in [0.4, 0.5) is 0 Å². The SMILES string of the molecule is COc1ccc(CCC(=O)N2CCC[C@H]2c2cccc(-n3ccnc3C)n2)cc1. The number of nitrogens with zero attached hydrogens (tertiary/aromatic N) is 4. The van der Waals surface area contributed by atoms with Gasteiger partial charge in [0, 0.05) is 25.4 Å². The predicted octanol–water partition coefficient (Wildman–Crippen LogP) is 3.88. The summed E-state index contributed by atoms with van der Waals surface area (Å²) in [5.41, 5.74) is 2.09. The van der Waals surface area contributed by atoms with Crippen LogP contribution in [0.3, 0.4) is 0 Å². The molecule has 1 fully saturated rings. The fraction of sp³-hybridized carbons (Fsp3) is 0.348. The van der Waals surface area contributed by atoms with Crippen molar-refractivity contribution in [3.8, 4) is 11.6 Å². The lowest BCUT2D eigenvalue weighted by atomic mass is 10.1. The fourth-order valence-corrected chi connectivity index (χ4v) is 3.94. The molecular weight excluding hydrogens is 364 g/mol. The molecule has 0 spiro atoms. The molecule has 29 heavy (non-hydrogen) atoms. The van der Waals surface area contributed by atoms with Crippen LogP contribution in [-0.2, 0) is 11.2 Å². The molecule has 0 bridgehead atoms. The van der Waals surface area contributed by atoms with Crippen LogP contribution >= 0.6 is 0 Å². The van der Waals surface area contributed by atoms with Gasteiger partial charge in [-0.05, 0) is 56.0 Å². The summed E-state index contributed by atoms with van der Waals surface area (Å²) in [6.45, 7) is 2.75. The third kappa shape index (κ3) is 4.16. The second-order valence-electron chi connectivity index (χ2n) is 7.36. The maximum absolute atomic E-state index is 13.0. The Morgan fingerprint density at radius 1 is 1.21 bits per heavy atom. The summed E-state index contributed by atoms with van der Waals surface area (Å²) in [4.78, 5) is 24.1. The third-order valence-corrected chi connectivity index (χ3v) is 5.53. The molecule has 1 aliphatic rings. The second-order valence-corrected chi connectivity index (χ2v) is 7.36. The zero-order valence-electron chi connectivity index (χ0n) is 16.9. The molecule has 4 rings (SSSR count). The Hall–Kier alpha value is -3.15. The summed E-state index contributed by atoms with van der Waals surface area (Å²) in [5.74, 6) is 2.76. The van der Waals surface area contributed by atoms with E-state index >= 15 is 0 Å². The van der Waals surface area contributed by atoms with Crippen LogP contribution in [0.15, 0.2) is 54.9 Å². The van der Waals surface area contributed by atoms with Gasteiger partial charge in [0.1, 0.15) is 17.4 Å². The lowest BCUT2D eigenvalue weighted by Gasteiger charge is -2.25. The van der Waals surface area contributed by atoms with Crippen molar-refractivity contribution in [2.24, 2.45) is 0 Å². The number of methoxy groups -OCH3 is 1. The number of likely N-dealkylation sites (tertiary alicyclic amines) is 1. The molecule has 1 saturated heterocycles. The normalized spacial score (nSPS) is 16.2. The zero-order valence-corrected chi connectivity index (χ0v) is 16.9. The smallest absolute Gasteiger partial charge is 0.223 e. The maximum Gasteiger partial charge on any atom is 0.223 e. The molecule has 0 radical (unpaired) electrons. The van der Waals surface area contributed by atoms with Crippen LogP contribution < -0.4 is 4.74 Å². The number of hydrogen-bond acceptors (Lipinski definition) is 4. The van der Waals surface area contributed by atoms with Gasteiger partial charge in [0.05, 0.1) is 18.8 Å². The summed E-state index contributed by atoms with van der Waals surface area (Å²) in [6.07, 6.45) is 6.88. The molecule has 6 nitrogen and oxygen atoms in total. The van der Waals surface area contributed by atoms with E-state index in [0.29, 0.717) is 6.42 Å². The lowest BCUT2D eigenvalue weighted by molar-refractivity contribution is -0.132. The molecule has 3 aromatic rings. The molecule has 1 aromatic carbocycles. The van der Waals surface area contributed by atoms with Crippen LogP contribution in [0.25, 0.3) is 5.82 Å². The number of pyridine rings is 1.